The van der Waals surface area contributed by atoms with Gasteiger partial charge in [-0.25, -0.2) is 0 Å². The Bertz CT molecular complexity index is 748. The molecule has 0 aromatic carbocycles. The van der Waals surface area contributed by atoms with Crippen molar-refractivity contribution in [3.8, 4) is 0 Å². The van der Waals surface area contributed by atoms with Crippen LogP contribution in [0.4, 0.5) is 0 Å². The molecule has 3 aliphatic heterocycles. The number of aliphatic hydroxyl groups is 1. The number of nitrogens with zero attached hydrogens (tertiary/aromatic N) is 1. The SMILES string of the molecule is [2H]C1([2H])O[C@@]([2H])(C2=C(C(=O)[O-])N3C(=O)[C@H]([C@@H](C)O)[C@H]3S2)C([2H])([2H])C1([2H])[2H].[Na+]. The van der Waals surface area contributed by atoms with Crippen LogP contribution < -0.4 is 34.7 Å². The number of carboxylic acids is 1. The molecule has 1 N–H and O–H groups in total. The van der Waals surface area contributed by atoms with Gasteiger partial charge in [0.25, 0.3) is 0 Å². The standard InChI is InChI=1S/C12H15NO5S.Na/c1-5(14)7-10(15)13-8(12(16)17)9(19-11(7)13)6-3-2-4-18-6;/h5-7,11,14H,2-4H2,1H3,(H,16,17);/q;+1/p-1/t5-,6-,7+,11-;/m1./s1/i2D2,3D2,4D2,6D;. The molecule has 6 nitrogen and oxygen atoms in total. The number of β-lactam (4-membered cyclic amide) rings is 1. The molecule has 8 heteroatoms. The summed E-state index contributed by atoms with van der Waals surface area (Å²) >= 11 is 0.555. The molecule has 2 saturated heterocycles. The van der Waals surface area contributed by atoms with Gasteiger partial charge in [0.2, 0.25) is 5.91 Å². The van der Waals surface area contributed by atoms with Crippen LogP contribution >= 0.6 is 11.8 Å². The number of thioether (sulfide) groups is 1. The van der Waals surface area contributed by atoms with Crippen molar-refractivity contribution in [2.24, 2.45) is 5.92 Å². The molecule has 0 unspecified atom stereocenters. The fourth-order valence-corrected chi connectivity index (χ4v) is 3.76. The van der Waals surface area contributed by atoms with E-state index in [1.165, 1.54) is 6.92 Å². The number of carboxylic acid groups (broad SMARTS) is 1. The van der Waals surface area contributed by atoms with Gasteiger partial charge in [0.05, 0.1) is 33.9 Å². The molecule has 0 aliphatic carbocycles. The van der Waals surface area contributed by atoms with Gasteiger partial charge in [-0.3, -0.25) is 9.69 Å². The zero-order chi connectivity index (χ0) is 20.0. The van der Waals surface area contributed by atoms with Crippen LogP contribution in [0.2, 0.25) is 0 Å². The molecule has 0 spiro atoms. The second kappa shape index (κ2) is 5.98. The third kappa shape index (κ3) is 2.34. The fourth-order valence-electron chi connectivity index (χ4n) is 2.22. The van der Waals surface area contributed by atoms with E-state index in [0.29, 0.717) is 11.8 Å². The van der Waals surface area contributed by atoms with Crippen LogP contribution in [-0.4, -0.2) is 46.0 Å². The maximum Gasteiger partial charge on any atom is 1.00 e. The van der Waals surface area contributed by atoms with Gasteiger partial charge >= 0.3 is 29.6 Å². The van der Waals surface area contributed by atoms with Gasteiger partial charge < -0.3 is 19.7 Å². The molecule has 0 saturated carbocycles. The van der Waals surface area contributed by atoms with E-state index in [9.17, 15) is 19.8 Å². The van der Waals surface area contributed by atoms with E-state index in [-0.39, 0.29) is 29.6 Å². The molecule has 2 fully saturated rings. The first-order valence-electron chi connectivity index (χ1n) is 8.96. The summed E-state index contributed by atoms with van der Waals surface area (Å²) < 4.78 is 59.6. The fraction of sp³-hybridized carbons (Fsp3) is 0.667. The molecule has 104 valence electrons. The molecule has 3 aliphatic rings. The second-order valence-corrected chi connectivity index (χ2v) is 5.36. The van der Waals surface area contributed by atoms with Gasteiger partial charge in [-0.05, 0) is 19.7 Å². The van der Waals surface area contributed by atoms with Gasteiger partial charge in [0.1, 0.15) is 5.37 Å². The largest absolute Gasteiger partial charge is 1.00 e. The first-order valence-corrected chi connectivity index (χ1v) is 6.34. The van der Waals surface area contributed by atoms with E-state index in [2.05, 4.69) is 0 Å². The second-order valence-electron chi connectivity index (χ2n) is 4.23. The summed E-state index contributed by atoms with van der Waals surface area (Å²) in [6, 6.07) is 0. The number of carbonyl (C=O) groups excluding carboxylic acids is 2. The molecule has 3 heterocycles. The number of hydrogen-bond acceptors (Lipinski definition) is 6. The third-order valence-corrected chi connectivity index (χ3v) is 4.44. The van der Waals surface area contributed by atoms with E-state index < -0.39 is 65.3 Å². The summed E-state index contributed by atoms with van der Waals surface area (Å²) in [6.07, 6.45) is -10.8. The van der Waals surface area contributed by atoms with Crippen molar-refractivity contribution in [3.63, 3.8) is 0 Å². The number of hydrogen-bond donors (Lipinski definition) is 1. The summed E-state index contributed by atoms with van der Waals surface area (Å²) in [5, 5.41) is 20.3. The Hall–Kier alpha value is -0.0500. The van der Waals surface area contributed by atoms with Crippen molar-refractivity contribution < 1.29 is 63.7 Å². The molecule has 4 atom stereocenters. The first kappa shape index (κ1) is 9.17. The Morgan fingerprint density at radius 1 is 1.75 bits per heavy atom. The number of rotatable bonds is 3. The Morgan fingerprint density at radius 3 is 2.95 bits per heavy atom. The molecule has 3 rings (SSSR count). The Kier molecular flexibility index (Phi) is 2.74. The number of amides is 1. The zero-order valence-electron chi connectivity index (χ0n) is 17.7. The molecule has 0 bridgehead atoms. The van der Waals surface area contributed by atoms with E-state index in [1.54, 1.807) is 0 Å². The minimum absolute atomic E-state index is 0. The quantitative estimate of drug-likeness (QED) is 0.422. The summed E-state index contributed by atoms with van der Waals surface area (Å²) in [4.78, 5) is 23.8. The molecule has 0 aromatic heterocycles. The number of carbonyl (C=O) groups is 2. The molecular weight excluding hydrogens is 293 g/mol. The van der Waals surface area contributed by atoms with Crippen molar-refractivity contribution >= 4 is 23.6 Å². The average Bonchev–Trinajstić information content (AvgIpc) is 2.84. The zero-order valence-corrected chi connectivity index (χ0v) is 13.5. The van der Waals surface area contributed by atoms with Crippen LogP contribution in [0.5, 0.6) is 0 Å². The Labute approximate surface area is 152 Å². The summed E-state index contributed by atoms with van der Waals surface area (Å²) in [6.45, 7) is -1.91. The smallest absolute Gasteiger partial charge is 0.543 e. The molecule has 1 amide bonds. The maximum absolute atomic E-state index is 12.2. The minimum atomic E-state index is -3.29. The van der Waals surface area contributed by atoms with Crippen LogP contribution in [-0.2, 0) is 14.3 Å². The summed E-state index contributed by atoms with van der Waals surface area (Å²) in [5.74, 6) is -3.68. The van der Waals surface area contributed by atoms with Crippen molar-refractivity contribution in [1.82, 2.24) is 4.90 Å². The van der Waals surface area contributed by atoms with Crippen LogP contribution in [0.15, 0.2) is 10.6 Å². The number of aliphatic carboxylic acids is 1. The van der Waals surface area contributed by atoms with Crippen LogP contribution in [0.3, 0.4) is 0 Å². The summed E-state index contributed by atoms with van der Waals surface area (Å²) in [5.41, 5.74) is -0.866. The molecule has 20 heavy (non-hydrogen) atoms. The molecule has 0 aromatic rings. The van der Waals surface area contributed by atoms with Gasteiger partial charge in [0.15, 0.2) is 0 Å². The van der Waals surface area contributed by atoms with E-state index >= 15 is 0 Å². The monoisotopic (exact) mass is 314 g/mol. The van der Waals surface area contributed by atoms with Gasteiger partial charge in [-0.2, -0.15) is 0 Å². The predicted molar refractivity (Wildman–Crippen MR) is 64.4 cm³/mol. The topological polar surface area (TPSA) is 89.9 Å². The third-order valence-electron chi connectivity index (χ3n) is 3.08. The van der Waals surface area contributed by atoms with Crippen LogP contribution in [0, 0.1) is 5.92 Å². The minimum Gasteiger partial charge on any atom is -0.543 e. The Morgan fingerprint density at radius 2 is 2.45 bits per heavy atom. The maximum atomic E-state index is 12.2. The van der Waals surface area contributed by atoms with Crippen molar-refractivity contribution in [2.75, 3.05) is 6.56 Å². The van der Waals surface area contributed by atoms with Gasteiger partial charge in [0, 0.05) is 16.9 Å². The van der Waals surface area contributed by atoms with Crippen LogP contribution in [0.1, 0.15) is 29.3 Å². The predicted octanol–water partition coefficient (Wildman–Crippen LogP) is -3.96. The van der Waals surface area contributed by atoms with E-state index in [1.807, 2.05) is 0 Å². The van der Waals surface area contributed by atoms with Crippen molar-refractivity contribution in [1.29, 1.82) is 0 Å². The van der Waals surface area contributed by atoms with E-state index in [0.717, 1.165) is 4.90 Å². The average molecular weight is 314 g/mol. The normalized spacial score (nSPS) is 50.0. The van der Waals surface area contributed by atoms with Gasteiger partial charge in [-0.1, -0.05) is 11.8 Å². The van der Waals surface area contributed by atoms with Crippen LogP contribution in [0.25, 0.3) is 0 Å². The number of aliphatic hydroxyl groups excluding tert-OH is 1. The molecular formula is C12H14NNaO5S. The Balaban J connectivity index is 0.00000261. The molecule has 0 radical (unpaired) electrons. The first-order chi connectivity index (χ1) is 11.6. The van der Waals surface area contributed by atoms with Crippen molar-refractivity contribution in [3.05, 3.63) is 10.6 Å². The van der Waals surface area contributed by atoms with E-state index in [4.69, 9.17) is 14.3 Å². The van der Waals surface area contributed by atoms with Crippen molar-refractivity contribution in [2.45, 2.75) is 37.2 Å². The number of ether oxygens (including phenoxy) is 1. The van der Waals surface area contributed by atoms with Gasteiger partial charge in [-0.15, -0.1) is 0 Å². The number of fused-ring (bicyclic) bond motifs is 1. The summed E-state index contributed by atoms with van der Waals surface area (Å²) in [7, 11) is 0.